The Bertz CT molecular complexity index is 1470. The molecule has 0 aromatic heterocycles. The minimum atomic E-state index is -0.551. The van der Waals surface area contributed by atoms with Crippen LogP contribution in [0.15, 0.2) is 96.1 Å². The van der Waals surface area contributed by atoms with Crippen LogP contribution in [0.1, 0.15) is 21.5 Å². The summed E-state index contributed by atoms with van der Waals surface area (Å²) < 4.78 is 16.5. The van der Waals surface area contributed by atoms with Gasteiger partial charge >= 0.3 is 0 Å². The lowest BCUT2D eigenvalue weighted by Gasteiger charge is -2.12. The molecule has 0 saturated heterocycles. The molecule has 0 radical (unpaired) electrons. The molecular weight excluding hydrogens is 474 g/mol. The number of benzene rings is 4. The van der Waals surface area contributed by atoms with Gasteiger partial charge in [0.2, 0.25) is 6.79 Å². The van der Waals surface area contributed by atoms with Gasteiger partial charge in [-0.05, 0) is 35.4 Å². The molecular formula is C28H21N3O6. The zero-order chi connectivity index (χ0) is 25.6. The summed E-state index contributed by atoms with van der Waals surface area (Å²) >= 11 is 0. The van der Waals surface area contributed by atoms with Crippen LogP contribution in [-0.2, 0) is 6.61 Å². The summed E-state index contributed by atoms with van der Waals surface area (Å²) in [6, 6.07) is 27.5. The molecule has 0 saturated carbocycles. The van der Waals surface area contributed by atoms with E-state index < -0.39 is 10.8 Å². The van der Waals surface area contributed by atoms with Crippen molar-refractivity contribution < 1.29 is 23.9 Å². The monoisotopic (exact) mass is 495 g/mol. The summed E-state index contributed by atoms with van der Waals surface area (Å²) in [5, 5.41) is 15.2. The number of nitrogens with zero attached hydrogens (tertiary/aromatic N) is 2. The van der Waals surface area contributed by atoms with Gasteiger partial charge in [0.25, 0.3) is 11.6 Å². The highest BCUT2D eigenvalue weighted by Gasteiger charge is 2.22. The molecule has 0 unspecified atom stereocenters. The van der Waals surface area contributed by atoms with Crippen LogP contribution in [0.3, 0.4) is 0 Å². The van der Waals surface area contributed by atoms with Gasteiger partial charge in [-0.25, -0.2) is 5.43 Å². The van der Waals surface area contributed by atoms with Crippen molar-refractivity contribution in [1.29, 1.82) is 0 Å². The maximum Gasteiger partial charge on any atom is 0.282 e. The molecule has 1 amide bonds. The maximum atomic E-state index is 12.5. The number of carbonyl (C=O) groups is 1. The summed E-state index contributed by atoms with van der Waals surface area (Å²) in [6.07, 6.45) is 1.20. The van der Waals surface area contributed by atoms with Crippen molar-refractivity contribution in [2.45, 2.75) is 6.61 Å². The van der Waals surface area contributed by atoms with Crippen molar-refractivity contribution in [2.75, 3.05) is 6.79 Å². The number of amides is 1. The molecule has 0 aliphatic carbocycles. The van der Waals surface area contributed by atoms with E-state index in [0.29, 0.717) is 23.7 Å². The topological polar surface area (TPSA) is 112 Å². The Labute approximate surface area is 212 Å². The zero-order valence-corrected chi connectivity index (χ0v) is 19.5. The molecule has 4 aromatic carbocycles. The van der Waals surface area contributed by atoms with Crippen LogP contribution >= 0.6 is 0 Å². The molecule has 0 atom stereocenters. The molecule has 0 bridgehead atoms. The Morgan fingerprint density at radius 1 is 0.973 bits per heavy atom. The van der Waals surface area contributed by atoms with E-state index in [0.717, 1.165) is 22.4 Å². The van der Waals surface area contributed by atoms with Crippen LogP contribution in [0.2, 0.25) is 0 Å². The highest BCUT2D eigenvalue weighted by molar-refractivity contribution is 5.95. The molecule has 1 aliphatic rings. The van der Waals surface area contributed by atoms with Crippen molar-refractivity contribution in [2.24, 2.45) is 5.10 Å². The first-order valence-electron chi connectivity index (χ1n) is 11.4. The number of nitrogens with one attached hydrogen (secondary N) is 1. The predicted molar refractivity (Wildman–Crippen MR) is 137 cm³/mol. The largest absolute Gasteiger partial charge is 0.488 e. The van der Waals surface area contributed by atoms with Gasteiger partial charge in [0, 0.05) is 11.1 Å². The van der Waals surface area contributed by atoms with Gasteiger partial charge < -0.3 is 14.2 Å². The molecule has 0 spiro atoms. The minimum absolute atomic E-state index is 0.00953. The molecule has 1 N–H and O–H groups in total. The molecule has 37 heavy (non-hydrogen) atoms. The second kappa shape index (κ2) is 10.6. The highest BCUT2D eigenvalue weighted by Crippen LogP contribution is 2.37. The van der Waals surface area contributed by atoms with Crippen molar-refractivity contribution >= 4 is 17.8 Å². The van der Waals surface area contributed by atoms with E-state index >= 15 is 0 Å². The quantitative estimate of drug-likeness (QED) is 0.201. The van der Waals surface area contributed by atoms with E-state index in [1.807, 2.05) is 54.6 Å². The number of nitro benzene ring substituents is 1. The normalized spacial score (nSPS) is 11.9. The first-order valence-corrected chi connectivity index (χ1v) is 11.4. The SMILES string of the molecule is O=C(NN=Cc1cc2c(cc1[N+](=O)[O-])OCO2)c1ccc(COc2ccccc2-c2ccccc2)cc1. The Balaban J connectivity index is 1.21. The zero-order valence-electron chi connectivity index (χ0n) is 19.5. The standard InChI is InChI=1S/C28H21N3O6/c32-28(30-29-16-22-14-26-27(37-18-36-26)15-24(22)31(33)34)21-12-10-19(11-13-21)17-35-25-9-5-4-8-23(25)20-6-2-1-3-7-20/h1-16H,17-18H2,(H,30,32). The molecule has 4 aromatic rings. The summed E-state index contributed by atoms with van der Waals surface area (Å²) in [5.41, 5.74) is 5.69. The van der Waals surface area contributed by atoms with Crippen LogP contribution < -0.4 is 19.6 Å². The number of carbonyl (C=O) groups excluding carboxylic acids is 1. The predicted octanol–water partition coefficient (Wildman–Crippen LogP) is 5.33. The van der Waals surface area contributed by atoms with Crippen LogP contribution in [0, 0.1) is 10.1 Å². The summed E-state index contributed by atoms with van der Waals surface area (Å²) in [7, 11) is 0. The second-order valence-electron chi connectivity index (χ2n) is 8.07. The van der Waals surface area contributed by atoms with Crippen LogP contribution in [0.4, 0.5) is 5.69 Å². The molecule has 5 rings (SSSR count). The highest BCUT2D eigenvalue weighted by atomic mass is 16.7. The number of ether oxygens (including phenoxy) is 3. The van der Waals surface area contributed by atoms with Gasteiger partial charge in [-0.2, -0.15) is 5.10 Å². The van der Waals surface area contributed by atoms with Gasteiger partial charge in [-0.15, -0.1) is 0 Å². The van der Waals surface area contributed by atoms with E-state index in [1.165, 1.54) is 18.3 Å². The van der Waals surface area contributed by atoms with E-state index in [1.54, 1.807) is 24.3 Å². The van der Waals surface area contributed by atoms with Gasteiger partial charge in [0.1, 0.15) is 12.4 Å². The third-order valence-corrected chi connectivity index (χ3v) is 5.67. The van der Waals surface area contributed by atoms with Crippen LogP contribution in [0.5, 0.6) is 17.2 Å². The van der Waals surface area contributed by atoms with Crippen molar-refractivity contribution in [3.8, 4) is 28.4 Å². The van der Waals surface area contributed by atoms with Crippen molar-refractivity contribution in [3.63, 3.8) is 0 Å². The lowest BCUT2D eigenvalue weighted by atomic mass is 10.0. The Morgan fingerprint density at radius 3 is 2.43 bits per heavy atom. The lowest BCUT2D eigenvalue weighted by molar-refractivity contribution is -0.385. The summed E-state index contributed by atoms with van der Waals surface area (Å²) in [5.74, 6) is 0.979. The van der Waals surface area contributed by atoms with E-state index in [-0.39, 0.29) is 18.0 Å². The number of hydrazone groups is 1. The first kappa shape index (κ1) is 23.6. The Kier molecular flexibility index (Phi) is 6.76. The van der Waals surface area contributed by atoms with Crippen LogP contribution in [0.25, 0.3) is 11.1 Å². The molecule has 1 heterocycles. The van der Waals surface area contributed by atoms with E-state index in [2.05, 4.69) is 10.5 Å². The number of hydrogen-bond donors (Lipinski definition) is 1. The Hall–Kier alpha value is -5.18. The molecule has 9 heteroatoms. The second-order valence-corrected chi connectivity index (χ2v) is 8.07. The third-order valence-electron chi connectivity index (χ3n) is 5.67. The number of rotatable bonds is 8. The number of hydrogen-bond acceptors (Lipinski definition) is 7. The van der Waals surface area contributed by atoms with Gasteiger partial charge in [-0.1, -0.05) is 60.7 Å². The average molecular weight is 495 g/mol. The van der Waals surface area contributed by atoms with E-state index in [4.69, 9.17) is 14.2 Å². The summed E-state index contributed by atoms with van der Waals surface area (Å²) in [6.45, 7) is 0.322. The Morgan fingerprint density at radius 2 is 1.68 bits per heavy atom. The number of para-hydroxylation sites is 1. The fraction of sp³-hybridized carbons (Fsp3) is 0.0714. The molecule has 0 fully saturated rings. The molecule has 184 valence electrons. The fourth-order valence-electron chi connectivity index (χ4n) is 3.80. The fourth-order valence-corrected chi connectivity index (χ4v) is 3.80. The van der Waals surface area contributed by atoms with Crippen molar-refractivity contribution in [3.05, 3.63) is 118 Å². The maximum absolute atomic E-state index is 12.5. The first-order chi connectivity index (χ1) is 18.1. The van der Waals surface area contributed by atoms with Gasteiger partial charge in [-0.3, -0.25) is 14.9 Å². The smallest absolute Gasteiger partial charge is 0.282 e. The van der Waals surface area contributed by atoms with Crippen LogP contribution in [-0.4, -0.2) is 23.8 Å². The lowest BCUT2D eigenvalue weighted by Crippen LogP contribution is -2.17. The number of nitro groups is 1. The molecule has 1 aliphatic heterocycles. The van der Waals surface area contributed by atoms with E-state index in [9.17, 15) is 14.9 Å². The third kappa shape index (κ3) is 5.40. The van der Waals surface area contributed by atoms with Gasteiger partial charge in [0.05, 0.1) is 22.8 Å². The van der Waals surface area contributed by atoms with Gasteiger partial charge in [0.15, 0.2) is 11.5 Å². The summed E-state index contributed by atoms with van der Waals surface area (Å²) in [4.78, 5) is 23.3. The minimum Gasteiger partial charge on any atom is -0.488 e. The van der Waals surface area contributed by atoms with Crippen molar-refractivity contribution in [1.82, 2.24) is 5.43 Å². The number of fused-ring (bicyclic) bond motifs is 1. The average Bonchev–Trinajstić information content (AvgIpc) is 3.40. The molecule has 9 nitrogen and oxygen atoms in total.